The molecule has 1 aromatic carbocycles. The second-order valence-electron chi connectivity index (χ2n) is 3.70. The fraction of sp³-hybridized carbons (Fsp3) is 0.300. The molecular formula is C10H9F2NO3S. The molecule has 0 bridgehead atoms. The first-order valence-electron chi connectivity index (χ1n) is 4.91. The minimum Gasteiger partial charge on any atom is -0.268 e. The van der Waals surface area contributed by atoms with Crippen molar-refractivity contribution in [2.75, 3.05) is 12.3 Å². The summed E-state index contributed by atoms with van der Waals surface area (Å²) < 4.78 is 49.4. The fourth-order valence-corrected chi connectivity index (χ4v) is 3.17. The van der Waals surface area contributed by atoms with Gasteiger partial charge in [-0.25, -0.2) is 21.5 Å². The Morgan fingerprint density at radius 3 is 2.24 bits per heavy atom. The first-order valence-corrected chi connectivity index (χ1v) is 6.52. The molecule has 7 heteroatoms. The van der Waals surface area contributed by atoms with Gasteiger partial charge in [0, 0.05) is 18.2 Å². The molecule has 1 amide bonds. The average Bonchev–Trinajstić information content (AvgIpc) is 2.55. The minimum atomic E-state index is -3.62. The number of sulfonamides is 1. The van der Waals surface area contributed by atoms with Gasteiger partial charge in [0.25, 0.3) is 5.91 Å². The van der Waals surface area contributed by atoms with E-state index < -0.39 is 27.6 Å². The zero-order valence-corrected chi connectivity index (χ0v) is 9.51. The molecule has 1 heterocycles. The van der Waals surface area contributed by atoms with E-state index in [0.717, 1.165) is 12.1 Å². The Morgan fingerprint density at radius 1 is 1.18 bits per heavy atom. The Bertz CT molecular complexity index is 551. The van der Waals surface area contributed by atoms with Crippen LogP contribution in [0.5, 0.6) is 0 Å². The lowest BCUT2D eigenvalue weighted by molar-refractivity contribution is 0.0869. The van der Waals surface area contributed by atoms with Crippen LogP contribution in [0.1, 0.15) is 16.8 Å². The maximum absolute atomic E-state index is 12.9. The van der Waals surface area contributed by atoms with E-state index in [1.165, 1.54) is 0 Å². The van der Waals surface area contributed by atoms with Gasteiger partial charge in [0.05, 0.1) is 5.75 Å². The van der Waals surface area contributed by atoms with Crippen molar-refractivity contribution in [1.29, 1.82) is 0 Å². The average molecular weight is 261 g/mol. The lowest BCUT2D eigenvalue weighted by Gasteiger charge is -2.14. The second kappa shape index (κ2) is 4.06. The Balaban J connectivity index is 2.38. The molecule has 17 heavy (non-hydrogen) atoms. The first kappa shape index (κ1) is 12.0. The molecule has 4 nitrogen and oxygen atoms in total. The van der Waals surface area contributed by atoms with Crippen molar-refractivity contribution in [3.05, 3.63) is 35.4 Å². The van der Waals surface area contributed by atoms with Crippen LogP contribution in [0.2, 0.25) is 0 Å². The van der Waals surface area contributed by atoms with Gasteiger partial charge in [-0.1, -0.05) is 0 Å². The molecule has 0 aliphatic carbocycles. The van der Waals surface area contributed by atoms with E-state index in [1.54, 1.807) is 0 Å². The third-order valence-corrected chi connectivity index (χ3v) is 4.26. The van der Waals surface area contributed by atoms with Crippen molar-refractivity contribution < 1.29 is 22.0 Å². The number of rotatable bonds is 1. The summed E-state index contributed by atoms with van der Waals surface area (Å²) in [6.45, 7) is 0.0549. The number of benzene rings is 1. The monoisotopic (exact) mass is 261 g/mol. The highest BCUT2D eigenvalue weighted by molar-refractivity contribution is 7.89. The second-order valence-corrected chi connectivity index (χ2v) is 5.72. The lowest BCUT2D eigenvalue weighted by atomic mass is 10.2. The quantitative estimate of drug-likeness (QED) is 0.761. The van der Waals surface area contributed by atoms with Gasteiger partial charge < -0.3 is 0 Å². The molecule has 2 rings (SSSR count). The van der Waals surface area contributed by atoms with E-state index in [9.17, 15) is 22.0 Å². The highest BCUT2D eigenvalue weighted by Gasteiger charge is 2.33. The van der Waals surface area contributed by atoms with Crippen LogP contribution in [0.15, 0.2) is 18.2 Å². The summed E-state index contributed by atoms with van der Waals surface area (Å²) in [6.07, 6.45) is 0.339. The van der Waals surface area contributed by atoms with Crippen LogP contribution in [-0.4, -0.2) is 30.9 Å². The first-order chi connectivity index (χ1) is 7.90. The molecule has 1 aliphatic rings. The van der Waals surface area contributed by atoms with Crippen molar-refractivity contribution in [3.8, 4) is 0 Å². The summed E-state index contributed by atoms with van der Waals surface area (Å²) in [4.78, 5) is 11.8. The number of hydrogen-bond donors (Lipinski definition) is 0. The Hall–Kier alpha value is -1.50. The number of nitrogens with zero attached hydrogens (tertiary/aromatic N) is 1. The van der Waals surface area contributed by atoms with Crippen molar-refractivity contribution in [2.24, 2.45) is 0 Å². The SMILES string of the molecule is O=C(c1cc(F)cc(F)c1)N1CCCS1(=O)=O. The van der Waals surface area contributed by atoms with Crippen LogP contribution in [0, 0.1) is 11.6 Å². The molecule has 0 aromatic heterocycles. The summed E-state index contributed by atoms with van der Waals surface area (Å²) in [5.41, 5.74) is -0.298. The van der Waals surface area contributed by atoms with Crippen LogP contribution in [0.4, 0.5) is 8.78 Å². The Kier molecular flexibility index (Phi) is 2.86. The largest absolute Gasteiger partial charge is 0.268 e. The molecule has 0 N–H and O–H groups in total. The normalized spacial score (nSPS) is 18.4. The van der Waals surface area contributed by atoms with Gasteiger partial charge in [0.1, 0.15) is 11.6 Å². The number of amides is 1. The van der Waals surface area contributed by atoms with Gasteiger partial charge in [-0.3, -0.25) is 4.79 Å². The van der Waals surface area contributed by atoms with Crippen LogP contribution >= 0.6 is 0 Å². The van der Waals surface area contributed by atoms with E-state index in [4.69, 9.17) is 0 Å². The van der Waals surface area contributed by atoms with Gasteiger partial charge in [-0.15, -0.1) is 0 Å². The number of halogens is 2. The summed E-state index contributed by atoms with van der Waals surface area (Å²) in [6, 6.07) is 2.26. The Morgan fingerprint density at radius 2 is 1.76 bits per heavy atom. The number of carbonyl (C=O) groups excluding carboxylic acids is 1. The van der Waals surface area contributed by atoms with E-state index in [0.29, 0.717) is 16.8 Å². The lowest BCUT2D eigenvalue weighted by Crippen LogP contribution is -2.32. The topological polar surface area (TPSA) is 54.5 Å². The molecule has 0 atom stereocenters. The van der Waals surface area contributed by atoms with Crippen LogP contribution in [-0.2, 0) is 10.0 Å². The van der Waals surface area contributed by atoms with Crippen molar-refractivity contribution in [3.63, 3.8) is 0 Å². The molecule has 1 saturated heterocycles. The number of hydrogen-bond acceptors (Lipinski definition) is 3. The van der Waals surface area contributed by atoms with E-state index in [-0.39, 0.29) is 17.9 Å². The van der Waals surface area contributed by atoms with Gasteiger partial charge >= 0.3 is 0 Å². The molecular weight excluding hydrogens is 252 g/mol. The standard InChI is InChI=1S/C10H9F2NO3S/c11-8-4-7(5-9(12)6-8)10(14)13-2-1-3-17(13,15)16/h4-6H,1-3H2. The molecule has 1 aliphatic heterocycles. The molecule has 0 unspecified atom stereocenters. The zero-order chi connectivity index (χ0) is 12.6. The van der Waals surface area contributed by atoms with Gasteiger partial charge in [0.2, 0.25) is 10.0 Å². The molecule has 1 aromatic rings. The maximum Gasteiger partial charge on any atom is 0.267 e. The van der Waals surface area contributed by atoms with E-state index in [2.05, 4.69) is 0 Å². The van der Waals surface area contributed by atoms with Crippen molar-refractivity contribution in [1.82, 2.24) is 4.31 Å². The van der Waals surface area contributed by atoms with Gasteiger partial charge in [-0.05, 0) is 18.6 Å². The third kappa shape index (κ3) is 2.28. The van der Waals surface area contributed by atoms with Crippen LogP contribution < -0.4 is 0 Å². The molecule has 92 valence electrons. The van der Waals surface area contributed by atoms with Crippen LogP contribution in [0.25, 0.3) is 0 Å². The highest BCUT2D eigenvalue weighted by atomic mass is 32.2. The molecule has 0 spiro atoms. The highest BCUT2D eigenvalue weighted by Crippen LogP contribution is 2.18. The van der Waals surface area contributed by atoms with Crippen molar-refractivity contribution in [2.45, 2.75) is 6.42 Å². The fourth-order valence-electron chi connectivity index (χ4n) is 1.69. The summed E-state index contributed by atoms with van der Waals surface area (Å²) >= 11 is 0. The molecule has 1 fully saturated rings. The molecule has 0 saturated carbocycles. The molecule has 0 radical (unpaired) electrons. The predicted octanol–water partition coefficient (Wildman–Crippen LogP) is 1.14. The maximum atomic E-state index is 12.9. The van der Waals surface area contributed by atoms with Crippen molar-refractivity contribution >= 4 is 15.9 Å². The third-order valence-electron chi connectivity index (χ3n) is 2.44. The van der Waals surface area contributed by atoms with Gasteiger partial charge in [0.15, 0.2) is 0 Å². The Labute approximate surface area is 96.9 Å². The predicted molar refractivity (Wildman–Crippen MR) is 55.8 cm³/mol. The van der Waals surface area contributed by atoms with Crippen LogP contribution in [0.3, 0.4) is 0 Å². The number of carbonyl (C=O) groups is 1. The summed E-state index contributed by atoms with van der Waals surface area (Å²) in [5, 5.41) is 0. The van der Waals surface area contributed by atoms with E-state index >= 15 is 0 Å². The smallest absolute Gasteiger partial charge is 0.267 e. The summed E-state index contributed by atoms with van der Waals surface area (Å²) in [5.74, 6) is -2.83. The minimum absolute atomic E-state index is 0.0549. The zero-order valence-electron chi connectivity index (χ0n) is 8.69. The van der Waals surface area contributed by atoms with E-state index in [1.807, 2.05) is 0 Å². The van der Waals surface area contributed by atoms with Gasteiger partial charge in [-0.2, -0.15) is 0 Å². The summed E-state index contributed by atoms with van der Waals surface area (Å²) in [7, 11) is -3.62.